The molecule has 0 spiro atoms. The highest BCUT2D eigenvalue weighted by molar-refractivity contribution is 9.10. The molecule has 4 heteroatoms. The first-order valence-corrected chi connectivity index (χ1v) is 7.22. The Kier molecular flexibility index (Phi) is 3.23. The molecule has 0 unspecified atom stereocenters. The van der Waals surface area contributed by atoms with Crippen LogP contribution in [0.3, 0.4) is 0 Å². The molecule has 1 heterocycles. The minimum Gasteiger partial charge on any atom is -0.381 e. The summed E-state index contributed by atoms with van der Waals surface area (Å²) in [7, 11) is 3.84. The van der Waals surface area contributed by atoms with Crippen molar-refractivity contribution in [3.63, 3.8) is 0 Å². The maximum atomic E-state index is 5.48. The second-order valence-electron chi connectivity index (χ2n) is 5.22. The number of hydrogen-bond donors (Lipinski definition) is 0. The van der Waals surface area contributed by atoms with Gasteiger partial charge in [-0.2, -0.15) is 0 Å². The zero-order chi connectivity index (χ0) is 13.5. The lowest BCUT2D eigenvalue weighted by molar-refractivity contribution is -0.00685. The Morgan fingerprint density at radius 3 is 2.79 bits per heavy atom. The molecule has 1 aromatic carbocycles. The van der Waals surface area contributed by atoms with Gasteiger partial charge in [0.15, 0.2) is 0 Å². The number of hydrogen-bond acceptors (Lipinski definition) is 2. The Balaban J connectivity index is 2.07. The van der Waals surface area contributed by atoms with Crippen molar-refractivity contribution in [2.24, 2.45) is 7.05 Å². The Labute approximate surface area is 121 Å². The van der Waals surface area contributed by atoms with E-state index in [1.807, 2.05) is 12.4 Å². The lowest BCUT2D eigenvalue weighted by Crippen LogP contribution is -2.48. The standard InChI is InChI=1S/C15H17BrN2O/c1-18-7-6-17-14(18)15(9-13(10-15)19-2)11-4-3-5-12(16)8-11/h3-8,13H,9-10H2,1-2H3/t13-,15+. The van der Waals surface area contributed by atoms with Gasteiger partial charge in [0.1, 0.15) is 5.82 Å². The summed E-state index contributed by atoms with van der Waals surface area (Å²) < 4.78 is 8.71. The van der Waals surface area contributed by atoms with Crippen LogP contribution in [0.15, 0.2) is 41.1 Å². The Morgan fingerprint density at radius 2 is 2.21 bits per heavy atom. The summed E-state index contributed by atoms with van der Waals surface area (Å²) in [5, 5.41) is 0. The van der Waals surface area contributed by atoms with Gasteiger partial charge in [-0.3, -0.25) is 0 Å². The molecule has 100 valence electrons. The van der Waals surface area contributed by atoms with E-state index in [2.05, 4.69) is 56.8 Å². The van der Waals surface area contributed by atoms with Crippen LogP contribution in [0, 0.1) is 0 Å². The van der Waals surface area contributed by atoms with Gasteiger partial charge in [-0.25, -0.2) is 4.98 Å². The third kappa shape index (κ3) is 2.03. The van der Waals surface area contributed by atoms with Crippen LogP contribution in [0.5, 0.6) is 0 Å². The fourth-order valence-corrected chi connectivity index (χ4v) is 3.44. The maximum absolute atomic E-state index is 5.48. The van der Waals surface area contributed by atoms with Gasteiger partial charge in [0, 0.05) is 31.0 Å². The van der Waals surface area contributed by atoms with Crippen molar-refractivity contribution in [1.82, 2.24) is 9.55 Å². The van der Waals surface area contributed by atoms with Crippen molar-refractivity contribution >= 4 is 15.9 Å². The van der Waals surface area contributed by atoms with Crippen LogP contribution in [0.2, 0.25) is 0 Å². The molecule has 1 aliphatic carbocycles. The van der Waals surface area contributed by atoms with Gasteiger partial charge >= 0.3 is 0 Å². The lowest BCUT2D eigenvalue weighted by Gasteiger charge is -2.46. The number of benzene rings is 1. The molecule has 0 bridgehead atoms. The summed E-state index contributed by atoms with van der Waals surface area (Å²) >= 11 is 3.56. The van der Waals surface area contributed by atoms with Crippen molar-refractivity contribution in [1.29, 1.82) is 0 Å². The van der Waals surface area contributed by atoms with E-state index in [0.717, 1.165) is 23.1 Å². The van der Waals surface area contributed by atoms with Gasteiger partial charge in [-0.05, 0) is 30.5 Å². The van der Waals surface area contributed by atoms with Gasteiger partial charge in [-0.15, -0.1) is 0 Å². The van der Waals surface area contributed by atoms with Gasteiger partial charge in [0.25, 0.3) is 0 Å². The second kappa shape index (κ2) is 4.76. The fourth-order valence-electron chi connectivity index (χ4n) is 3.04. The van der Waals surface area contributed by atoms with Crippen LogP contribution in [0.4, 0.5) is 0 Å². The van der Waals surface area contributed by atoms with Crippen molar-refractivity contribution < 1.29 is 4.74 Å². The summed E-state index contributed by atoms with van der Waals surface area (Å²) in [6.45, 7) is 0. The summed E-state index contributed by atoms with van der Waals surface area (Å²) in [5.41, 5.74) is 1.30. The number of aromatic nitrogens is 2. The van der Waals surface area contributed by atoms with E-state index in [0.29, 0.717) is 6.10 Å². The van der Waals surface area contributed by atoms with Crippen molar-refractivity contribution in [3.8, 4) is 0 Å². The highest BCUT2D eigenvalue weighted by Gasteiger charge is 2.49. The van der Waals surface area contributed by atoms with Crippen molar-refractivity contribution in [3.05, 3.63) is 52.5 Å². The van der Waals surface area contributed by atoms with E-state index >= 15 is 0 Å². The average Bonchev–Trinajstić information content (AvgIpc) is 2.76. The maximum Gasteiger partial charge on any atom is 0.119 e. The SMILES string of the molecule is CO[C@H]1C[C@@](c2cccc(Br)c2)(c2nccn2C)C1. The zero-order valence-corrected chi connectivity index (χ0v) is 12.7. The minimum absolute atomic E-state index is 0.0112. The number of rotatable bonds is 3. The third-order valence-electron chi connectivity index (χ3n) is 4.11. The number of nitrogens with zero attached hydrogens (tertiary/aromatic N) is 2. The minimum atomic E-state index is -0.0112. The molecule has 1 aromatic heterocycles. The Bertz CT molecular complexity index is 587. The van der Waals surface area contributed by atoms with E-state index in [1.54, 1.807) is 7.11 Å². The predicted molar refractivity (Wildman–Crippen MR) is 78.2 cm³/mol. The van der Waals surface area contributed by atoms with Crippen LogP contribution in [-0.2, 0) is 17.2 Å². The average molecular weight is 321 g/mol. The molecule has 0 amide bonds. The highest BCUT2D eigenvalue weighted by Crippen LogP contribution is 2.49. The van der Waals surface area contributed by atoms with Crippen LogP contribution in [-0.4, -0.2) is 22.8 Å². The first-order chi connectivity index (χ1) is 9.15. The van der Waals surface area contributed by atoms with Gasteiger partial charge in [0.05, 0.1) is 11.5 Å². The topological polar surface area (TPSA) is 27.1 Å². The molecule has 3 nitrogen and oxygen atoms in total. The number of halogens is 1. The summed E-state index contributed by atoms with van der Waals surface area (Å²) in [4.78, 5) is 4.58. The molecule has 3 rings (SSSR count). The fraction of sp³-hybridized carbons (Fsp3) is 0.400. The summed E-state index contributed by atoms with van der Waals surface area (Å²) in [6.07, 6.45) is 6.19. The number of aryl methyl sites for hydroxylation is 1. The van der Waals surface area contributed by atoms with Crippen molar-refractivity contribution in [2.45, 2.75) is 24.4 Å². The molecule has 1 fully saturated rings. The second-order valence-corrected chi connectivity index (χ2v) is 6.14. The normalized spacial score (nSPS) is 26.2. The van der Waals surface area contributed by atoms with E-state index in [1.165, 1.54) is 5.56 Å². The lowest BCUT2D eigenvalue weighted by atomic mass is 9.62. The van der Waals surface area contributed by atoms with E-state index in [9.17, 15) is 0 Å². The molecule has 1 saturated carbocycles. The zero-order valence-electron chi connectivity index (χ0n) is 11.1. The number of imidazole rings is 1. The predicted octanol–water partition coefficient (Wildman–Crippen LogP) is 3.28. The number of methoxy groups -OCH3 is 1. The van der Waals surface area contributed by atoms with Gasteiger partial charge in [-0.1, -0.05) is 28.1 Å². The molecule has 2 aromatic rings. The smallest absolute Gasteiger partial charge is 0.119 e. The largest absolute Gasteiger partial charge is 0.381 e. The monoisotopic (exact) mass is 320 g/mol. The van der Waals surface area contributed by atoms with Crippen LogP contribution in [0.25, 0.3) is 0 Å². The van der Waals surface area contributed by atoms with Crippen LogP contribution >= 0.6 is 15.9 Å². The van der Waals surface area contributed by atoms with Gasteiger partial charge in [0.2, 0.25) is 0 Å². The van der Waals surface area contributed by atoms with Crippen LogP contribution in [0.1, 0.15) is 24.2 Å². The quantitative estimate of drug-likeness (QED) is 0.867. The molecule has 1 aliphatic rings. The molecular weight excluding hydrogens is 304 g/mol. The summed E-state index contributed by atoms with van der Waals surface area (Å²) in [5.74, 6) is 1.12. The highest BCUT2D eigenvalue weighted by atomic mass is 79.9. The van der Waals surface area contributed by atoms with Crippen molar-refractivity contribution in [2.75, 3.05) is 7.11 Å². The Hall–Kier alpha value is -1.13. The molecule has 19 heavy (non-hydrogen) atoms. The van der Waals surface area contributed by atoms with Crippen LogP contribution < -0.4 is 0 Å². The van der Waals surface area contributed by atoms with E-state index in [-0.39, 0.29) is 5.41 Å². The van der Waals surface area contributed by atoms with E-state index in [4.69, 9.17) is 4.74 Å². The first-order valence-electron chi connectivity index (χ1n) is 6.42. The summed E-state index contributed by atoms with van der Waals surface area (Å²) in [6, 6.07) is 8.53. The molecule has 0 saturated heterocycles. The number of ether oxygens (including phenoxy) is 1. The Morgan fingerprint density at radius 1 is 1.42 bits per heavy atom. The molecule has 0 aliphatic heterocycles. The van der Waals surface area contributed by atoms with Gasteiger partial charge < -0.3 is 9.30 Å². The molecule has 0 N–H and O–H groups in total. The first kappa shape index (κ1) is 12.9. The van der Waals surface area contributed by atoms with E-state index < -0.39 is 0 Å². The molecule has 0 atom stereocenters. The molecular formula is C15H17BrN2O. The molecule has 0 radical (unpaired) electrons. The third-order valence-corrected chi connectivity index (χ3v) is 4.61.